The van der Waals surface area contributed by atoms with Gasteiger partial charge in [0.05, 0.1) is 13.2 Å². The Hall–Kier alpha value is -1.40. The lowest BCUT2D eigenvalue weighted by Crippen LogP contribution is -2.35. The third-order valence-corrected chi connectivity index (χ3v) is 4.96. The van der Waals surface area contributed by atoms with Crippen LogP contribution in [0.4, 0.5) is 11.6 Å². The van der Waals surface area contributed by atoms with Crippen molar-refractivity contribution in [3.05, 3.63) is 12.4 Å². The van der Waals surface area contributed by atoms with Crippen molar-refractivity contribution in [1.29, 1.82) is 0 Å². The molecule has 6 nitrogen and oxygen atoms in total. The van der Waals surface area contributed by atoms with E-state index in [0.29, 0.717) is 11.8 Å². The van der Waals surface area contributed by atoms with Gasteiger partial charge in [-0.2, -0.15) is 0 Å². The first-order valence-electron chi connectivity index (χ1n) is 9.13. The maximum Gasteiger partial charge on any atom is 0.171 e. The summed E-state index contributed by atoms with van der Waals surface area (Å²) in [7, 11) is 4.22. The maximum absolute atomic E-state index is 5.61. The zero-order valence-electron chi connectivity index (χ0n) is 15.0. The SMILES string of the molecule is CN(C[C@H]1CCCOC1)c1nccnc1N(C)C[C@H]1CCCOC1. The molecule has 2 fully saturated rings. The number of anilines is 2. The molecule has 2 atom stereocenters. The van der Waals surface area contributed by atoms with Gasteiger partial charge in [-0.15, -0.1) is 0 Å². The molecule has 0 unspecified atom stereocenters. The van der Waals surface area contributed by atoms with Gasteiger partial charge in [0.25, 0.3) is 0 Å². The van der Waals surface area contributed by atoms with E-state index in [1.807, 2.05) is 0 Å². The van der Waals surface area contributed by atoms with Gasteiger partial charge in [0, 0.05) is 52.8 Å². The first-order valence-corrected chi connectivity index (χ1v) is 9.13. The van der Waals surface area contributed by atoms with Crippen LogP contribution < -0.4 is 9.80 Å². The van der Waals surface area contributed by atoms with Gasteiger partial charge in [-0.3, -0.25) is 0 Å². The second-order valence-corrected chi connectivity index (χ2v) is 7.13. The molecule has 0 aliphatic carbocycles. The van der Waals surface area contributed by atoms with Crippen LogP contribution in [0.3, 0.4) is 0 Å². The molecule has 0 saturated carbocycles. The number of nitrogens with zero attached hydrogens (tertiary/aromatic N) is 4. The Morgan fingerprint density at radius 1 is 0.875 bits per heavy atom. The number of hydrogen-bond donors (Lipinski definition) is 0. The van der Waals surface area contributed by atoms with Crippen LogP contribution in [0.1, 0.15) is 25.7 Å². The lowest BCUT2D eigenvalue weighted by molar-refractivity contribution is 0.0573. The summed E-state index contributed by atoms with van der Waals surface area (Å²) in [5.41, 5.74) is 0. The smallest absolute Gasteiger partial charge is 0.171 e. The van der Waals surface area contributed by atoms with Gasteiger partial charge in [-0.05, 0) is 37.5 Å². The summed E-state index contributed by atoms with van der Waals surface area (Å²) < 4.78 is 11.2. The molecule has 2 saturated heterocycles. The molecule has 3 rings (SSSR count). The first kappa shape index (κ1) is 17.4. The number of aromatic nitrogens is 2. The van der Waals surface area contributed by atoms with E-state index in [9.17, 15) is 0 Å². The average molecular weight is 334 g/mol. The van der Waals surface area contributed by atoms with Crippen LogP contribution in [-0.4, -0.2) is 63.6 Å². The van der Waals surface area contributed by atoms with Gasteiger partial charge < -0.3 is 19.3 Å². The fourth-order valence-electron chi connectivity index (χ4n) is 3.71. The van der Waals surface area contributed by atoms with E-state index in [1.54, 1.807) is 12.4 Å². The summed E-state index contributed by atoms with van der Waals surface area (Å²) in [5.74, 6) is 3.08. The molecule has 0 radical (unpaired) electrons. The molecule has 1 aromatic heterocycles. The lowest BCUT2D eigenvalue weighted by Gasteiger charge is -2.32. The number of rotatable bonds is 6. The highest BCUT2D eigenvalue weighted by Gasteiger charge is 2.22. The molecule has 0 spiro atoms. The highest BCUT2D eigenvalue weighted by Crippen LogP contribution is 2.26. The third kappa shape index (κ3) is 4.57. The lowest BCUT2D eigenvalue weighted by atomic mass is 10.0. The summed E-state index contributed by atoms with van der Waals surface area (Å²) in [6.45, 7) is 5.45. The van der Waals surface area contributed by atoms with Crippen molar-refractivity contribution < 1.29 is 9.47 Å². The minimum absolute atomic E-state index is 0.579. The fourth-order valence-corrected chi connectivity index (χ4v) is 3.71. The first-order chi connectivity index (χ1) is 11.7. The van der Waals surface area contributed by atoms with Crippen LogP contribution in [0.5, 0.6) is 0 Å². The van der Waals surface area contributed by atoms with E-state index in [-0.39, 0.29) is 0 Å². The molecule has 2 aliphatic heterocycles. The normalized spacial score (nSPS) is 24.6. The van der Waals surface area contributed by atoms with E-state index in [0.717, 1.165) is 64.0 Å². The predicted octanol–water partition coefficient (Wildman–Crippen LogP) is 2.20. The van der Waals surface area contributed by atoms with Crippen LogP contribution in [0, 0.1) is 11.8 Å². The van der Waals surface area contributed by atoms with Crippen molar-refractivity contribution in [2.24, 2.45) is 11.8 Å². The zero-order chi connectivity index (χ0) is 16.8. The molecular formula is C18H30N4O2. The Kier molecular flexibility index (Phi) is 6.26. The Labute approximate surface area is 145 Å². The summed E-state index contributed by atoms with van der Waals surface area (Å²) in [6.07, 6.45) is 8.35. The molecule has 3 heterocycles. The number of ether oxygens (including phenoxy) is 2. The summed E-state index contributed by atoms with van der Waals surface area (Å²) in [6, 6.07) is 0. The van der Waals surface area contributed by atoms with Crippen molar-refractivity contribution in [2.75, 3.05) is 63.4 Å². The minimum Gasteiger partial charge on any atom is -0.381 e. The van der Waals surface area contributed by atoms with Gasteiger partial charge in [-0.25, -0.2) is 9.97 Å². The van der Waals surface area contributed by atoms with Crippen LogP contribution in [-0.2, 0) is 9.47 Å². The second-order valence-electron chi connectivity index (χ2n) is 7.13. The van der Waals surface area contributed by atoms with Crippen molar-refractivity contribution in [1.82, 2.24) is 9.97 Å². The highest BCUT2D eigenvalue weighted by molar-refractivity contribution is 5.61. The standard InChI is InChI=1S/C18H30N4O2/c1-21(11-15-5-3-9-23-13-15)17-18(20-8-7-19-17)22(2)12-16-6-4-10-24-14-16/h7-8,15-16H,3-6,9-14H2,1-2H3/t15-,16-/m1/s1. The molecule has 0 aromatic carbocycles. The van der Waals surface area contributed by atoms with Gasteiger partial charge in [0.2, 0.25) is 0 Å². The Bertz CT molecular complexity index is 457. The van der Waals surface area contributed by atoms with Crippen LogP contribution in [0.2, 0.25) is 0 Å². The number of hydrogen-bond acceptors (Lipinski definition) is 6. The average Bonchev–Trinajstić information content (AvgIpc) is 2.63. The highest BCUT2D eigenvalue weighted by atomic mass is 16.5. The van der Waals surface area contributed by atoms with Crippen LogP contribution in [0.15, 0.2) is 12.4 Å². The minimum atomic E-state index is 0.579. The van der Waals surface area contributed by atoms with Gasteiger partial charge >= 0.3 is 0 Å². The molecule has 1 aromatic rings. The van der Waals surface area contributed by atoms with Crippen LogP contribution >= 0.6 is 0 Å². The third-order valence-electron chi connectivity index (χ3n) is 4.96. The largest absolute Gasteiger partial charge is 0.381 e. The molecule has 24 heavy (non-hydrogen) atoms. The van der Waals surface area contributed by atoms with Gasteiger partial charge in [0.1, 0.15) is 0 Å². The Balaban J connectivity index is 1.64. The van der Waals surface area contributed by atoms with E-state index >= 15 is 0 Å². The van der Waals surface area contributed by atoms with Crippen LogP contribution in [0.25, 0.3) is 0 Å². The molecule has 0 N–H and O–H groups in total. The molecule has 6 heteroatoms. The molecule has 2 aliphatic rings. The Morgan fingerprint density at radius 2 is 1.33 bits per heavy atom. The van der Waals surface area contributed by atoms with Gasteiger partial charge in [0.15, 0.2) is 11.6 Å². The molecular weight excluding hydrogens is 304 g/mol. The van der Waals surface area contributed by atoms with Crippen molar-refractivity contribution in [2.45, 2.75) is 25.7 Å². The molecule has 0 bridgehead atoms. The quantitative estimate of drug-likeness (QED) is 0.795. The van der Waals surface area contributed by atoms with E-state index in [4.69, 9.17) is 9.47 Å². The fraction of sp³-hybridized carbons (Fsp3) is 0.778. The monoisotopic (exact) mass is 334 g/mol. The van der Waals surface area contributed by atoms with Crippen molar-refractivity contribution in [3.63, 3.8) is 0 Å². The molecule has 134 valence electrons. The second kappa shape index (κ2) is 8.62. The van der Waals surface area contributed by atoms with Gasteiger partial charge in [-0.1, -0.05) is 0 Å². The predicted molar refractivity (Wildman–Crippen MR) is 95.7 cm³/mol. The van der Waals surface area contributed by atoms with Crippen molar-refractivity contribution >= 4 is 11.6 Å². The van der Waals surface area contributed by atoms with Crippen molar-refractivity contribution in [3.8, 4) is 0 Å². The van der Waals surface area contributed by atoms with E-state index < -0.39 is 0 Å². The topological polar surface area (TPSA) is 50.7 Å². The maximum atomic E-state index is 5.61. The Morgan fingerprint density at radius 3 is 1.71 bits per heavy atom. The summed E-state index contributed by atoms with van der Waals surface area (Å²) >= 11 is 0. The van der Waals surface area contributed by atoms with E-state index in [1.165, 1.54) is 12.8 Å². The summed E-state index contributed by atoms with van der Waals surface area (Å²) in [4.78, 5) is 13.7. The molecule has 0 amide bonds. The summed E-state index contributed by atoms with van der Waals surface area (Å²) in [5, 5.41) is 0. The zero-order valence-corrected chi connectivity index (χ0v) is 15.0. The van der Waals surface area contributed by atoms with E-state index in [2.05, 4.69) is 33.9 Å².